The number of carbonyl (C=O) groups excluding carboxylic acids is 1. The Morgan fingerprint density at radius 1 is 1.19 bits per heavy atom. The van der Waals surface area contributed by atoms with E-state index in [1.807, 2.05) is 0 Å². The molecule has 8 heteroatoms. The molecule has 0 spiro atoms. The van der Waals surface area contributed by atoms with E-state index in [-0.39, 0.29) is 12.1 Å². The summed E-state index contributed by atoms with van der Waals surface area (Å²) in [5.74, 6) is -0.929. The van der Waals surface area contributed by atoms with Gasteiger partial charge in [0.1, 0.15) is 17.5 Å². The summed E-state index contributed by atoms with van der Waals surface area (Å²) in [7, 11) is 1.74. The van der Waals surface area contributed by atoms with Gasteiger partial charge in [-0.15, -0.1) is 0 Å². The topological polar surface area (TPSA) is 48.5 Å². The maximum absolute atomic E-state index is 13.3. The van der Waals surface area contributed by atoms with E-state index in [1.54, 1.807) is 28.5 Å². The van der Waals surface area contributed by atoms with Crippen LogP contribution in [0.15, 0.2) is 36.5 Å². The third-order valence-corrected chi connectivity index (χ3v) is 4.81. The number of rotatable bonds is 3. The van der Waals surface area contributed by atoms with E-state index in [1.165, 1.54) is 18.3 Å². The second kappa shape index (κ2) is 7.97. The van der Waals surface area contributed by atoms with Crippen LogP contribution in [-0.4, -0.2) is 46.5 Å². The van der Waals surface area contributed by atoms with Gasteiger partial charge in [-0.1, -0.05) is 0 Å². The molecule has 0 saturated carbocycles. The van der Waals surface area contributed by atoms with Crippen LogP contribution in [0.25, 0.3) is 11.1 Å². The van der Waals surface area contributed by atoms with Gasteiger partial charge in [0, 0.05) is 44.0 Å². The van der Waals surface area contributed by atoms with E-state index in [9.17, 15) is 13.6 Å². The van der Waals surface area contributed by atoms with Crippen LogP contribution < -0.4 is 5.32 Å². The lowest BCUT2D eigenvalue weighted by Gasteiger charge is -2.33. The maximum atomic E-state index is 13.3. The summed E-state index contributed by atoms with van der Waals surface area (Å²) >= 11 is 5.94. The van der Waals surface area contributed by atoms with Crippen LogP contribution in [0.1, 0.15) is 12.8 Å². The molecular weight excluding hydrogens is 362 g/mol. The minimum absolute atomic E-state index is 0.125. The molecule has 2 aromatic rings. The van der Waals surface area contributed by atoms with Crippen molar-refractivity contribution in [3.63, 3.8) is 0 Å². The van der Waals surface area contributed by atoms with Crippen molar-refractivity contribution in [3.8, 4) is 11.1 Å². The second-order valence-electron chi connectivity index (χ2n) is 6.27. The monoisotopic (exact) mass is 380 g/mol. The van der Waals surface area contributed by atoms with Crippen molar-refractivity contribution in [2.24, 2.45) is 0 Å². The second-order valence-corrected chi connectivity index (χ2v) is 6.75. The van der Waals surface area contributed by atoms with E-state index in [2.05, 4.69) is 10.3 Å². The number of piperidine rings is 1. The van der Waals surface area contributed by atoms with Gasteiger partial charge in [-0.05, 0) is 54.4 Å². The molecule has 5 nitrogen and oxygen atoms in total. The van der Waals surface area contributed by atoms with Crippen molar-refractivity contribution < 1.29 is 13.6 Å². The van der Waals surface area contributed by atoms with Crippen LogP contribution in [-0.2, 0) is 0 Å². The smallest absolute Gasteiger partial charge is 0.323 e. The first-order valence-electron chi connectivity index (χ1n) is 8.29. The summed E-state index contributed by atoms with van der Waals surface area (Å²) in [6.45, 7) is 1.47. The Morgan fingerprint density at radius 3 is 2.42 bits per heavy atom. The highest BCUT2D eigenvalue weighted by Gasteiger charge is 2.24. The Labute approximate surface area is 155 Å². The molecule has 1 aliphatic rings. The largest absolute Gasteiger partial charge is 0.324 e. The Hall–Kier alpha value is -2.25. The number of nitrogens with one attached hydrogen (secondary N) is 1. The fraction of sp³-hybridized carbons (Fsp3) is 0.333. The summed E-state index contributed by atoms with van der Waals surface area (Å²) in [6, 6.07) is 6.41. The normalized spacial score (nSPS) is 15.7. The lowest BCUT2D eigenvalue weighted by atomic mass is 10.1. The average molecular weight is 381 g/mol. The number of benzene rings is 1. The number of halogens is 3. The Balaban J connectivity index is 1.64. The van der Waals surface area contributed by atoms with E-state index >= 15 is 0 Å². The van der Waals surface area contributed by atoms with Crippen molar-refractivity contribution in [2.75, 3.05) is 25.5 Å². The van der Waals surface area contributed by atoms with Gasteiger partial charge < -0.3 is 4.90 Å². The fourth-order valence-electron chi connectivity index (χ4n) is 2.94. The minimum atomic E-state index is -0.651. The number of pyridine rings is 1. The lowest BCUT2D eigenvalue weighted by molar-refractivity contribution is 0.175. The molecule has 2 amide bonds. The Bertz CT molecular complexity index is 759. The van der Waals surface area contributed by atoms with Gasteiger partial charge in [0.2, 0.25) is 0 Å². The summed E-state index contributed by atoms with van der Waals surface area (Å²) in [5.41, 5.74) is 0.946. The average Bonchev–Trinajstić information content (AvgIpc) is 2.61. The molecule has 0 radical (unpaired) electrons. The van der Waals surface area contributed by atoms with Crippen molar-refractivity contribution in [2.45, 2.75) is 18.9 Å². The molecule has 0 atom stereocenters. The number of nitrogens with zero attached hydrogens (tertiary/aromatic N) is 3. The molecule has 138 valence electrons. The minimum Gasteiger partial charge on any atom is -0.324 e. The molecular formula is C18H19ClF2N4O. The van der Waals surface area contributed by atoms with E-state index < -0.39 is 11.6 Å². The SMILES string of the molecule is CN(C(=O)Nc1ccc(-c2cc(F)cc(F)c2)cn1)C1CCN(Cl)CC1. The van der Waals surface area contributed by atoms with Crippen molar-refractivity contribution in [3.05, 3.63) is 48.2 Å². The molecule has 1 N–H and O–H groups in total. The van der Waals surface area contributed by atoms with Crippen molar-refractivity contribution in [1.82, 2.24) is 14.3 Å². The molecule has 2 heterocycles. The zero-order valence-electron chi connectivity index (χ0n) is 14.3. The fourth-order valence-corrected chi connectivity index (χ4v) is 3.14. The number of anilines is 1. The molecule has 1 saturated heterocycles. The van der Waals surface area contributed by atoms with E-state index in [4.69, 9.17) is 11.8 Å². The molecule has 1 aromatic heterocycles. The first-order valence-corrected chi connectivity index (χ1v) is 8.63. The third kappa shape index (κ3) is 4.47. The quantitative estimate of drug-likeness (QED) is 0.815. The van der Waals surface area contributed by atoms with E-state index in [0.29, 0.717) is 16.9 Å². The Kier molecular flexibility index (Phi) is 5.68. The zero-order valence-corrected chi connectivity index (χ0v) is 15.0. The third-order valence-electron chi connectivity index (χ3n) is 4.47. The first kappa shape index (κ1) is 18.5. The molecule has 1 fully saturated rings. The summed E-state index contributed by atoms with van der Waals surface area (Å²) in [5, 5.41) is 2.73. The van der Waals surface area contributed by atoms with Crippen molar-refractivity contribution in [1.29, 1.82) is 0 Å². The summed E-state index contributed by atoms with van der Waals surface area (Å²) in [6.07, 6.45) is 3.09. The predicted octanol–water partition coefficient (Wildman–Crippen LogP) is 4.11. The number of aromatic nitrogens is 1. The molecule has 26 heavy (non-hydrogen) atoms. The maximum Gasteiger partial charge on any atom is 0.323 e. The van der Waals surface area contributed by atoms with Crippen LogP contribution >= 0.6 is 11.8 Å². The molecule has 0 unspecified atom stereocenters. The van der Waals surface area contributed by atoms with Crippen LogP contribution in [0, 0.1) is 11.6 Å². The van der Waals surface area contributed by atoms with Crippen LogP contribution in [0.4, 0.5) is 19.4 Å². The molecule has 1 aliphatic heterocycles. The molecule has 3 rings (SSSR count). The number of carbonyl (C=O) groups is 1. The molecule has 1 aromatic carbocycles. The van der Waals surface area contributed by atoms with Crippen LogP contribution in [0.5, 0.6) is 0 Å². The number of hydrogen-bond acceptors (Lipinski definition) is 3. The van der Waals surface area contributed by atoms with Gasteiger partial charge in [-0.3, -0.25) is 5.32 Å². The number of amides is 2. The molecule has 0 aliphatic carbocycles. The zero-order chi connectivity index (χ0) is 18.7. The van der Waals surface area contributed by atoms with Gasteiger partial charge in [0.05, 0.1) is 0 Å². The van der Waals surface area contributed by atoms with E-state index in [0.717, 1.165) is 32.0 Å². The standard InChI is InChI=1S/C18H19ClF2N4O/c1-24(16-4-6-25(19)7-5-16)18(26)23-17-3-2-12(11-22-17)13-8-14(20)10-15(21)9-13/h2-3,8-11,16H,4-7H2,1H3,(H,22,23,26). The van der Waals surface area contributed by atoms with Gasteiger partial charge >= 0.3 is 6.03 Å². The van der Waals surface area contributed by atoms with Crippen LogP contribution in [0.2, 0.25) is 0 Å². The lowest BCUT2D eigenvalue weighted by Crippen LogP contribution is -2.45. The van der Waals surface area contributed by atoms with Crippen molar-refractivity contribution >= 4 is 23.6 Å². The highest BCUT2D eigenvalue weighted by atomic mass is 35.5. The predicted molar refractivity (Wildman–Crippen MR) is 96.8 cm³/mol. The highest BCUT2D eigenvalue weighted by Crippen LogP contribution is 2.22. The molecule has 0 bridgehead atoms. The van der Waals surface area contributed by atoms with Gasteiger partial charge in [0.15, 0.2) is 0 Å². The summed E-state index contributed by atoms with van der Waals surface area (Å²) < 4.78 is 28.4. The van der Waals surface area contributed by atoms with Gasteiger partial charge in [-0.2, -0.15) is 0 Å². The summed E-state index contributed by atoms with van der Waals surface area (Å²) in [4.78, 5) is 18.2. The van der Waals surface area contributed by atoms with Crippen LogP contribution in [0.3, 0.4) is 0 Å². The Morgan fingerprint density at radius 2 is 1.85 bits per heavy atom. The number of urea groups is 1. The number of hydrogen-bond donors (Lipinski definition) is 1. The van der Waals surface area contributed by atoms with Gasteiger partial charge in [0.25, 0.3) is 0 Å². The van der Waals surface area contributed by atoms with Gasteiger partial charge in [-0.25, -0.2) is 23.0 Å². The highest BCUT2D eigenvalue weighted by molar-refractivity contribution is 6.13. The first-order chi connectivity index (χ1) is 12.4.